The Labute approximate surface area is 255 Å². The fraction of sp³-hybridized carbons (Fsp3) is 0.286. The molecule has 0 aromatic heterocycles. The zero-order valence-electron chi connectivity index (χ0n) is 24.3. The molecule has 2 heterocycles. The fourth-order valence-electron chi connectivity index (χ4n) is 6.18. The maximum absolute atomic E-state index is 13.6. The van der Waals surface area contributed by atoms with Crippen molar-refractivity contribution >= 4 is 15.9 Å². The molecule has 4 aromatic carbocycles. The van der Waals surface area contributed by atoms with E-state index >= 15 is 0 Å². The first kappa shape index (κ1) is 29.3. The lowest BCUT2D eigenvalue weighted by Gasteiger charge is -2.40. The molecule has 2 saturated heterocycles. The lowest BCUT2D eigenvalue weighted by Crippen LogP contribution is -2.50. The van der Waals surface area contributed by atoms with Crippen molar-refractivity contribution < 1.29 is 13.2 Å². The first-order valence-electron chi connectivity index (χ1n) is 15.0. The third-order valence-corrected chi connectivity index (χ3v) is 10.4. The summed E-state index contributed by atoms with van der Waals surface area (Å²) in [5.74, 6) is 0.0660. The van der Waals surface area contributed by atoms with Crippen molar-refractivity contribution in [2.45, 2.75) is 17.5 Å². The van der Waals surface area contributed by atoms with Gasteiger partial charge in [-0.25, -0.2) is 8.42 Å². The van der Waals surface area contributed by atoms with Crippen LogP contribution in [0.15, 0.2) is 120 Å². The molecule has 0 unspecified atom stereocenters. The van der Waals surface area contributed by atoms with Crippen molar-refractivity contribution in [2.75, 3.05) is 52.4 Å². The van der Waals surface area contributed by atoms with Gasteiger partial charge < -0.3 is 4.90 Å². The lowest BCUT2D eigenvalue weighted by molar-refractivity contribution is 0.0597. The average molecular weight is 595 g/mol. The summed E-state index contributed by atoms with van der Waals surface area (Å²) in [5, 5.41) is 0. The van der Waals surface area contributed by atoms with Crippen LogP contribution in [0.5, 0.6) is 0 Å². The number of hydrogen-bond donors (Lipinski definition) is 0. The summed E-state index contributed by atoms with van der Waals surface area (Å²) in [6.45, 7) is 5.84. The molecule has 2 aliphatic heterocycles. The molecule has 0 bridgehead atoms. The number of sulfonamides is 1. The molecular formula is C35H38N4O3S. The van der Waals surface area contributed by atoms with Crippen LogP contribution in [0.1, 0.15) is 33.1 Å². The third-order valence-electron chi connectivity index (χ3n) is 8.49. The second kappa shape index (κ2) is 13.2. The normalized spacial score (nSPS) is 17.3. The molecule has 222 valence electrons. The van der Waals surface area contributed by atoms with Gasteiger partial charge in [0.05, 0.1) is 10.9 Å². The predicted molar refractivity (Wildman–Crippen MR) is 169 cm³/mol. The molecule has 7 nitrogen and oxygen atoms in total. The molecule has 0 radical (unpaired) electrons. The molecule has 2 aliphatic rings. The third kappa shape index (κ3) is 6.73. The van der Waals surface area contributed by atoms with E-state index in [9.17, 15) is 13.2 Å². The number of hydrogen-bond acceptors (Lipinski definition) is 5. The van der Waals surface area contributed by atoms with Crippen molar-refractivity contribution in [3.63, 3.8) is 0 Å². The van der Waals surface area contributed by atoms with E-state index in [-0.39, 0.29) is 11.9 Å². The standard InChI is InChI=1S/C35H38N4O3S/c40-35(38-23-21-37(22-24-38)34(30-12-4-1-5-13-30)31-14-6-2-7-15-31)32-16-10-11-29(27-32)28-36-19-25-39(26-20-36)43(41,42)33-17-8-3-9-18-33/h1-18,27,34H,19-26,28H2. The molecule has 8 heteroatoms. The minimum absolute atomic E-state index is 0.0660. The van der Waals surface area contributed by atoms with Gasteiger partial charge in [0.25, 0.3) is 5.91 Å². The van der Waals surface area contributed by atoms with Gasteiger partial charge in [0.15, 0.2) is 0 Å². The number of carbonyl (C=O) groups excluding carboxylic acids is 1. The van der Waals surface area contributed by atoms with E-state index in [1.807, 2.05) is 47.4 Å². The Morgan fingerprint density at radius 3 is 1.77 bits per heavy atom. The molecule has 0 aliphatic carbocycles. The van der Waals surface area contributed by atoms with Crippen molar-refractivity contribution in [3.8, 4) is 0 Å². The fourth-order valence-corrected chi connectivity index (χ4v) is 7.62. The Bertz CT molecular complexity index is 1560. The lowest BCUT2D eigenvalue weighted by atomic mass is 9.96. The minimum atomic E-state index is -3.48. The summed E-state index contributed by atoms with van der Waals surface area (Å²) in [6, 6.07) is 37.9. The van der Waals surface area contributed by atoms with Gasteiger partial charge in [0.1, 0.15) is 0 Å². The summed E-state index contributed by atoms with van der Waals surface area (Å²) < 4.78 is 27.5. The van der Waals surface area contributed by atoms with Crippen LogP contribution in [0, 0.1) is 0 Å². The van der Waals surface area contributed by atoms with Gasteiger partial charge in [-0.05, 0) is 41.0 Å². The Kier molecular flexibility index (Phi) is 9.00. The van der Waals surface area contributed by atoms with E-state index in [0.29, 0.717) is 56.3 Å². The van der Waals surface area contributed by atoms with E-state index in [4.69, 9.17) is 0 Å². The molecule has 6 rings (SSSR count). The van der Waals surface area contributed by atoms with E-state index in [1.165, 1.54) is 11.1 Å². The van der Waals surface area contributed by atoms with Crippen molar-refractivity contribution in [1.29, 1.82) is 0 Å². The summed E-state index contributed by atoms with van der Waals surface area (Å²) in [5.41, 5.74) is 4.30. The average Bonchev–Trinajstić information content (AvgIpc) is 3.07. The Morgan fingerprint density at radius 1 is 0.628 bits per heavy atom. The molecule has 4 aromatic rings. The second-order valence-corrected chi connectivity index (χ2v) is 13.2. The molecule has 43 heavy (non-hydrogen) atoms. The Balaban J connectivity index is 1.06. The monoisotopic (exact) mass is 594 g/mol. The van der Waals surface area contributed by atoms with Crippen LogP contribution in [-0.4, -0.2) is 85.7 Å². The highest BCUT2D eigenvalue weighted by atomic mass is 32.2. The molecule has 0 N–H and O–H groups in total. The highest BCUT2D eigenvalue weighted by Gasteiger charge is 2.30. The van der Waals surface area contributed by atoms with Gasteiger partial charge in [-0.3, -0.25) is 14.6 Å². The SMILES string of the molecule is O=C(c1cccc(CN2CCN(S(=O)(=O)c3ccccc3)CC2)c1)N1CCN(C(c2ccccc2)c2ccccc2)CC1. The number of rotatable bonds is 8. The molecule has 0 saturated carbocycles. The van der Waals surface area contributed by atoms with Gasteiger partial charge in [-0.1, -0.05) is 91.0 Å². The van der Waals surface area contributed by atoms with Gasteiger partial charge in [0.2, 0.25) is 10.0 Å². The summed E-state index contributed by atoms with van der Waals surface area (Å²) >= 11 is 0. The van der Waals surface area contributed by atoms with Gasteiger partial charge in [-0.2, -0.15) is 4.31 Å². The van der Waals surface area contributed by atoms with Crippen molar-refractivity contribution in [2.24, 2.45) is 0 Å². The van der Waals surface area contributed by atoms with Crippen molar-refractivity contribution in [1.82, 2.24) is 19.0 Å². The smallest absolute Gasteiger partial charge is 0.253 e. The van der Waals surface area contributed by atoms with Gasteiger partial charge in [0, 0.05) is 64.5 Å². The first-order chi connectivity index (χ1) is 21.0. The van der Waals surface area contributed by atoms with Crippen LogP contribution < -0.4 is 0 Å². The van der Waals surface area contributed by atoms with Crippen LogP contribution in [0.4, 0.5) is 0 Å². The summed E-state index contributed by atoms with van der Waals surface area (Å²) in [6.07, 6.45) is 0. The number of piperazine rings is 2. The molecular weight excluding hydrogens is 556 g/mol. The van der Waals surface area contributed by atoms with Crippen LogP contribution in [0.3, 0.4) is 0 Å². The molecule has 2 fully saturated rings. The van der Waals surface area contributed by atoms with Crippen LogP contribution in [0.2, 0.25) is 0 Å². The largest absolute Gasteiger partial charge is 0.336 e. The van der Waals surface area contributed by atoms with E-state index in [0.717, 1.165) is 18.7 Å². The highest BCUT2D eigenvalue weighted by Crippen LogP contribution is 2.30. The Hall–Kier alpha value is -3.82. The van der Waals surface area contributed by atoms with E-state index in [1.54, 1.807) is 28.6 Å². The molecule has 0 spiro atoms. The zero-order valence-corrected chi connectivity index (χ0v) is 25.1. The minimum Gasteiger partial charge on any atom is -0.336 e. The van der Waals surface area contributed by atoms with E-state index in [2.05, 4.69) is 58.3 Å². The van der Waals surface area contributed by atoms with Crippen LogP contribution >= 0.6 is 0 Å². The molecule has 1 amide bonds. The molecule has 0 atom stereocenters. The number of amides is 1. The maximum atomic E-state index is 13.6. The van der Waals surface area contributed by atoms with E-state index < -0.39 is 10.0 Å². The van der Waals surface area contributed by atoms with Crippen LogP contribution in [-0.2, 0) is 16.6 Å². The zero-order chi connectivity index (χ0) is 29.6. The first-order valence-corrected chi connectivity index (χ1v) is 16.4. The van der Waals surface area contributed by atoms with Gasteiger partial charge in [-0.15, -0.1) is 0 Å². The topological polar surface area (TPSA) is 64.2 Å². The number of benzene rings is 4. The number of carbonyl (C=O) groups is 1. The quantitative estimate of drug-likeness (QED) is 0.295. The van der Waals surface area contributed by atoms with Gasteiger partial charge >= 0.3 is 0 Å². The van der Waals surface area contributed by atoms with Crippen LogP contribution in [0.25, 0.3) is 0 Å². The number of nitrogens with zero attached hydrogens (tertiary/aromatic N) is 4. The Morgan fingerprint density at radius 2 is 1.19 bits per heavy atom. The summed E-state index contributed by atoms with van der Waals surface area (Å²) in [7, 11) is -3.48. The summed E-state index contributed by atoms with van der Waals surface area (Å²) in [4.78, 5) is 20.6. The predicted octanol–water partition coefficient (Wildman–Crippen LogP) is 4.74. The second-order valence-electron chi connectivity index (χ2n) is 11.2. The van der Waals surface area contributed by atoms with Crippen molar-refractivity contribution in [3.05, 3.63) is 138 Å². The highest BCUT2D eigenvalue weighted by molar-refractivity contribution is 7.89. The maximum Gasteiger partial charge on any atom is 0.253 e.